The van der Waals surface area contributed by atoms with Crippen LogP contribution in [0.2, 0.25) is 0 Å². The van der Waals surface area contributed by atoms with E-state index in [1.807, 2.05) is 0 Å². The molecule has 1 heterocycles. The SMILES string of the molecule is O=C(N1CCN(CCO)CC1)C(Cl)(Cl)Cl. The molecule has 1 N–H and O–H groups in total. The predicted octanol–water partition coefficient (Wildman–Crippen LogP) is 0.493. The van der Waals surface area contributed by atoms with Crippen LogP contribution in [0.25, 0.3) is 0 Å². The van der Waals surface area contributed by atoms with Gasteiger partial charge in [0.1, 0.15) is 0 Å². The largest absolute Gasteiger partial charge is 0.395 e. The van der Waals surface area contributed by atoms with Gasteiger partial charge < -0.3 is 10.0 Å². The Morgan fingerprint density at radius 1 is 1.20 bits per heavy atom. The number of β-amino-alcohol motifs (C(OH)–C–C–N with tert-alkyl or cyclic N) is 1. The van der Waals surface area contributed by atoms with Crippen molar-refractivity contribution in [1.82, 2.24) is 9.80 Å². The van der Waals surface area contributed by atoms with Gasteiger partial charge in [-0.05, 0) is 0 Å². The third-order valence-corrected chi connectivity index (χ3v) is 2.80. The highest BCUT2D eigenvalue weighted by atomic mass is 35.6. The Hall–Kier alpha value is 0.260. The van der Waals surface area contributed by atoms with Gasteiger partial charge in [0.15, 0.2) is 0 Å². The molecule has 0 saturated carbocycles. The number of hydrogen-bond donors (Lipinski definition) is 1. The minimum Gasteiger partial charge on any atom is -0.395 e. The minimum absolute atomic E-state index is 0.123. The Morgan fingerprint density at radius 2 is 1.73 bits per heavy atom. The zero-order valence-electron chi connectivity index (χ0n) is 8.13. The number of alkyl halides is 3. The van der Waals surface area contributed by atoms with E-state index in [4.69, 9.17) is 39.9 Å². The average molecular weight is 276 g/mol. The lowest BCUT2D eigenvalue weighted by Crippen LogP contribution is -2.52. The number of aliphatic hydroxyl groups excluding tert-OH is 1. The molecule has 1 saturated heterocycles. The average Bonchev–Trinajstić information content (AvgIpc) is 2.17. The van der Waals surface area contributed by atoms with Crippen molar-refractivity contribution < 1.29 is 9.90 Å². The van der Waals surface area contributed by atoms with Gasteiger partial charge in [0.05, 0.1) is 6.61 Å². The van der Waals surface area contributed by atoms with E-state index < -0.39 is 9.70 Å². The highest BCUT2D eigenvalue weighted by Crippen LogP contribution is 2.28. The maximum atomic E-state index is 11.5. The van der Waals surface area contributed by atoms with Crippen molar-refractivity contribution in [2.24, 2.45) is 0 Å². The normalized spacial score (nSPS) is 19.3. The molecule has 0 spiro atoms. The standard InChI is InChI=1S/C8H13Cl3N2O2/c9-8(10,11)7(15)13-3-1-12(2-4-13)5-6-14/h14H,1-6H2. The quantitative estimate of drug-likeness (QED) is 0.746. The van der Waals surface area contributed by atoms with Crippen molar-refractivity contribution >= 4 is 40.7 Å². The molecule has 1 rings (SSSR count). The van der Waals surface area contributed by atoms with E-state index >= 15 is 0 Å². The molecular weight excluding hydrogens is 262 g/mol. The fraction of sp³-hybridized carbons (Fsp3) is 0.875. The summed E-state index contributed by atoms with van der Waals surface area (Å²) in [4.78, 5) is 15.1. The fourth-order valence-corrected chi connectivity index (χ4v) is 1.85. The van der Waals surface area contributed by atoms with Gasteiger partial charge in [-0.25, -0.2) is 0 Å². The van der Waals surface area contributed by atoms with Crippen LogP contribution in [-0.4, -0.2) is 63.9 Å². The van der Waals surface area contributed by atoms with Crippen molar-refractivity contribution in [3.05, 3.63) is 0 Å². The summed E-state index contributed by atoms with van der Waals surface area (Å²) in [5.74, 6) is -0.476. The number of carbonyl (C=O) groups is 1. The van der Waals surface area contributed by atoms with Gasteiger partial charge in [0.25, 0.3) is 9.70 Å². The van der Waals surface area contributed by atoms with Gasteiger partial charge in [-0.15, -0.1) is 0 Å². The third-order valence-electron chi connectivity index (χ3n) is 2.32. The Labute approximate surface area is 104 Å². The summed E-state index contributed by atoms with van der Waals surface area (Å²) < 4.78 is -1.86. The summed E-state index contributed by atoms with van der Waals surface area (Å²) in [5, 5.41) is 8.74. The smallest absolute Gasteiger partial charge is 0.274 e. The van der Waals surface area contributed by atoms with E-state index in [0.29, 0.717) is 32.7 Å². The Bertz CT molecular complexity index is 224. The first-order valence-electron chi connectivity index (χ1n) is 4.64. The summed E-state index contributed by atoms with van der Waals surface area (Å²) in [6.45, 7) is 3.22. The van der Waals surface area contributed by atoms with Gasteiger partial charge >= 0.3 is 0 Å². The molecule has 1 fully saturated rings. The molecule has 4 nitrogen and oxygen atoms in total. The van der Waals surface area contributed by atoms with E-state index in [2.05, 4.69) is 4.90 Å². The number of nitrogens with zero attached hydrogens (tertiary/aromatic N) is 2. The molecule has 1 aliphatic heterocycles. The molecule has 88 valence electrons. The molecule has 0 aromatic rings. The van der Waals surface area contributed by atoms with Gasteiger partial charge in [0, 0.05) is 32.7 Å². The molecule has 0 aliphatic carbocycles. The van der Waals surface area contributed by atoms with Gasteiger partial charge in [-0.2, -0.15) is 0 Å². The van der Waals surface area contributed by atoms with E-state index in [0.717, 1.165) is 0 Å². The number of halogens is 3. The molecule has 0 unspecified atom stereocenters. The molecule has 0 atom stereocenters. The summed E-state index contributed by atoms with van der Waals surface area (Å²) in [5.41, 5.74) is 0. The van der Waals surface area contributed by atoms with E-state index in [9.17, 15) is 4.79 Å². The molecule has 7 heteroatoms. The molecule has 0 radical (unpaired) electrons. The highest BCUT2D eigenvalue weighted by Gasteiger charge is 2.36. The number of hydrogen-bond acceptors (Lipinski definition) is 3. The molecule has 1 aliphatic rings. The maximum absolute atomic E-state index is 11.5. The van der Waals surface area contributed by atoms with Crippen LogP contribution < -0.4 is 0 Å². The lowest BCUT2D eigenvalue weighted by molar-refractivity contribution is -0.132. The zero-order chi connectivity index (χ0) is 11.5. The van der Waals surface area contributed by atoms with E-state index in [1.54, 1.807) is 0 Å². The van der Waals surface area contributed by atoms with Crippen molar-refractivity contribution in [2.75, 3.05) is 39.3 Å². The second-order valence-electron chi connectivity index (χ2n) is 3.36. The lowest BCUT2D eigenvalue weighted by Gasteiger charge is -2.35. The summed E-state index contributed by atoms with van der Waals surface area (Å²) in [6, 6.07) is 0. The Kier molecular flexibility index (Phi) is 4.93. The molecular formula is C8H13Cl3N2O2. The van der Waals surface area contributed by atoms with Gasteiger partial charge in [0.2, 0.25) is 0 Å². The second-order valence-corrected chi connectivity index (χ2v) is 5.64. The van der Waals surface area contributed by atoms with Crippen LogP contribution in [0.3, 0.4) is 0 Å². The van der Waals surface area contributed by atoms with Crippen molar-refractivity contribution in [3.63, 3.8) is 0 Å². The zero-order valence-corrected chi connectivity index (χ0v) is 10.4. The second kappa shape index (κ2) is 5.55. The van der Waals surface area contributed by atoms with Crippen molar-refractivity contribution in [3.8, 4) is 0 Å². The first-order chi connectivity index (χ1) is 6.95. The van der Waals surface area contributed by atoms with E-state index in [-0.39, 0.29) is 6.61 Å². The van der Waals surface area contributed by atoms with Gasteiger partial charge in [-0.3, -0.25) is 9.69 Å². The number of rotatable bonds is 2. The Morgan fingerprint density at radius 3 is 2.13 bits per heavy atom. The van der Waals surface area contributed by atoms with Crippen LogP contribution in [0.1, 0.15) is 0 Å². The monoisotopic (exact) mass is 274 g/mol. The highest BCUT2D eigenvalue weighted by molar-refractivity contribution is 6.76. The summed E-state index contributed by atoms with van der Waals surface area (Å²) in [7, 11) is 0. The molecule has 0 bridgehead atoms. The summed E-state index contributed by atoms with van der Waals surface area (Å²) in [6.07, 6.45) is 0. The van der Waals surface area contributed by atoms with Crippen molar-refractivity contribution in [2.45, 2.75) is 3.79 Å². The number of carbonyl (C=O) groups excluding carboxylic acids is 1. The number of aliphatic hydroxyl groups is 1. The van der Waals surface area contributed by atoms with E-state index in [1.165, 1.54) is 4.90 Å². The lowest BCUT2D eigenvalue weighted by atomic mass is 10.3. The van der Waals surface area contributed by atoms with Gasteiger partial charge in [-0.1, -0.05) is 34.8 Å². The number of amides is 1. The first kappa shape index (κ1) is 13.3. The van der Waals surface area contributed by atoms with Crippen LogP contribution in [0, 0.1) is 0 Å². The first-order valence-corrected chi connectivity index (χ1v) is 5.78. The van der Waals surface area contributed by atoms with Crippen molar-refractivity contribution in [1.29, 1.82) is 0 Å². The van der Waals surface area contributed by atoms with Crippen LogP contribution in [0.15, 0.2) is 0 Å². The molecule has 1 amide bonds. The van der Waals surface area contributed by atoms with Crippen LogP contribution in [-0.2, 0) is 4.79 Å². The van der Waals surface area contributed by atoms with Crippen LogP contribution in [0.5, 0.6) is 0 Å². The van der Waals surface area contributed by atoms with Crippen LogP contribution >= 0.6 is 34.8 Å². The molecule has 0 aromatic carbocycles. The fourth-order valence-electron chi connectivity index (χ4n) is 1.50. The minimum atomic E-state index is -1.86. The molecule has 0 aromatic heterocycles. The predicted molar refractivity (Wildman–Crippen MR) is 60.4 cm³/mol. The summed E-state index contributed by atoms with van der Waals surface area (Å²) >= 11 is 16.5. The Balaban J connectivity index is 2.41. The van der Waals surface area contributed by atoms with Crippen LogP contribution in [0.4, 0.5) is 0 Å². The number of piperazine rings is 1. The third kappa shape index (κ3) is 3.96. The topological polar surface area (TPSA) is 43.8 Å². The molecule has 15 heavy (non-hydrogen) atoms. The maximum Gasteiger partial charge on any atom is 0.274 e.